The van der Waals surface area contributed by atoms with Crippen molar-refractivity contribution in [3.05, 3.63) is 29.6 Å². The van der Waals surface area contributed by atoms with E-state index in [0.717, 1.165) is 18.5 Å². The van der Waals surface area contributed by atoms with E-state index in [1.807, 2.05) is 6.07 Å². The van der Waals surface area contributed by atoms with E-state index >= 15 is 0 Å². The Labute approximate surface area is 124 Å². The highest BCUT2D eigenvalue weighted by molar-refractivity contribution is 7.80. The number of nitrogens with zero attached hydrogens (tertiary/aromatic N) is 1. The first-order chi connectivity index (χ1) is 9.63. The molecule has 3 nitrogen and oxygen atoms in total. The summed E-state index contributed by atoms with van der Waals surface area (Å²) in [4.78, 5) is 2.17. The van der Waals surface area contributed by atoms with E-state index in [1.54, 1.807) is 6.07 Å². The average Bonchev–Trinajstić information content (AvgIpc) is 2.45. The molecule has 0 saturated heterocycles. The number of thiocarbonyl (C=S) groups is 1. The van der Waals surface area contributed by atoms with Crippen LogP contribution in [0.2, 0.25) is 0 Å². The van der Waals surface area contributed by atoms with Crippen molar-refractivity contribution < 1.29 is 9.50 Å². The molecule has 3 N–H and O–H groups in total. The van der Waals surface area contributed by atoms with Gasteiger partial charge in [0, 0.05) is 23.8 Å². The molecular weight excluding hydrogens is 275 g/mol. The minimum absolute atomic E-state index is 0.0647. The topological polar surface area (TPSA) is 49.5 Å². The minimum Gasteiger partial charge on any atom is -0.395 e. The van der Waals surface area contributed by atoms with Crippen LogP contribution in [0.1, 0.15) is 37.7 Å². The largest absolute Gasteiger partial charge is 0.395 e. The zero-order chi connectivity index (χ0) is 14.5. The predicted molar refractivity (Wildman–Crippen MR) is 83.6 cm³/mol. The van der Waals surface area contributed by atoms with Gasteiger partial charge in [-0.2, -0.15) is 0 Å². The van der Waals surface area contributed by atoms with Gasteiger partial charge in [-0.1, -0.05) is 31.5 Å². The summed E-state index contributed by atoms with van der Waals surface area (Å²) in [6.45, 7) is 0.589. The molecule has 1 aliphatic rings. The van der Waals surface area contributed by atoms with E-state index < -0.39 is 5.82 Å². The third-order valence-corrected chi connectivity index (χ3v) is 4.13. The lowest BCUT2D eigenvalue weighted by Gasteiger charge is -2.36. The van der Waals surface area contributed by atoms with Gasteiger partial charge in [0.15, 0.2) is 0 Å². The Morgan fingerprint density at radius 2 is 2.05 bits per heavy atom. The number of anilines is 1. The number of rotatable bonds is 5. The first-order valence-electron chi connectivity index (χ1n) is 7.10. The van der Waals surface area contributed by atoms with Gasteiger partial charge in [0.05, 0.1) is 6.61 Å². The van der Waals surface area contributed by atoms with Gasteiger partial charge in [0.25, 0.3) is 0 Å². The van der Waals surface area contributed by atoms with Crippen LogP contribution in [-0.4, -0.2) is 29.3 Å². The van der Waals surface area contributed by atoms with Crippen LogP contribution in [0.5, 0.6) is 0 Å². The quantitative estimate of drug-likeness (QED) is 0.820. The Bertz CT molecular complexity index is 475. The monoisotopic (exact) mass is 296 g/mol. The van der Waals surface area contributed by atoms with Gasteiger partial charge in [0.1, 0.15) is 10.8 Å². The van der Waals surface area contributed by atoms with E-state index in [1.165, 1.54) is 25.3 Å². The van der Waals surface area contributed by atoms with Crippen LogP contribution in [0.3, 0.4) is 0 Å². The molecule has 0 atom stereocenters. The van der Waals surface area contributed by atoms with E-state index in [4.69, 9.17) is 18.0 Å². The molecule has 1 aromatic rings. The highest BCUT2D eigenvalue weighted by atomic mass is 32.1. The summed E-state index contributed by atoms with van der Waals surface area (Å²) in [5.41, 5.74) is 6.55. The Balaban J connectivity index is 2.24. The lowest BCUT2D eigenvalue weighted by molar-refractivity contribution is 0.290. The van der Waals surface area contributed by atoms with E-state index in [-0.39, 0.29) is 17.2 Å². The summed E-state index contributed by atoms with van der Waals surface area (Å²) in [6, 6.07) is 5.31. The predicted octanol–water partition coefficient (Wildman–Crippen LogP) is 2.59. The molecule has 110 valence electrons. The molecule has 2 rings (SSSR count). The van der Waals surface area contributed by atoms with Crippen LogP contribution in [0, 0.1) is 5.82 Å². The van der Waals surface area contributed by atoms with Gasteiger partial charge in [0.2, 0.25) is 0 Å². The minimum atomic E-state index is -0.395. The number of benzene rings is 1. The summed E-state index contributed by atoms with van der Waals surface area (Å²) in [5, 5.41) is 9.26. The lowest BCUT2D eigenvalue weighted by Crippen LogP contribution is -2.39. The summed E-state index contributed by atoms with van der Waals surface area (Å²) in [5.74, 6) is -0.395. The van der Waals surface area contributed by atoms with Gasteiger partial charge >= 0.3 is 0 Å². The number of hydrogen-bond acceptors (Lipinski definition) is 3. The van der Waals surface area contributed by atoms with Crippen LogP contribution in [0.25, 0.3) is 0 Å². The Morgan fingerprint density at radius 3 is 2.60 bits per heavy atom. The van der Waals surface area contributed by atoms with E-state index in [2.05, 4.69) is 4.90 Å². The van der Waals surface area contributed by atoms with Gasteiger partial charge in [-0.3, -0.25) is 0 Å². The van der Waals surface area contributed by atoms with Crippen molar-refractivity contribution in [3.63, 3.8) is 0 Å². The second-order valence-corrected chi connectivity index (χ2v) is 5.68. The SMILES string of the molecule is NC(=S)c1ccc(N(CCO)C2CCCCC2)cc1F. The molecule has 0 radical (unpaired) electrons. The summed E-state index contributed by atoms with van der Waals surface area (Å²) in [6.07, 6.45) is 5.84. The fourth-order valence-corrected chi connectivity index (χ4v) is 3.07. The van der Waals surface area contributed by atoms with Gasteiger partial charge < -0.3 is 15.7 Å². The molecule has 0 aliphatic heterocycles. The lowest BCUT2D eigenvalue weighted by atomic mass is 9.93. The smallest absolute Gasteiger partial charge is 0.135 e. The second kappa shape index (κ2) is 6.99. The summed E-state index contributed by atoms with van der Waals surface area (Å²) >= 11 is 4.82. The van der Waals surface area contributed by atoms with Crippen molar-refractivity contribution in [3.8, 4) is 0 Å². The first kappa shape index (κ1) is 15.2. The summed E-state index contributed by atoms with van der Waals surface area (Å²) in [7, 11) is 0. The van der Waals surface area contributed by atoms with Gasteiger partial charge in [-0.15, -0.1) is 0 Å². The van der Waals surface area contributed by atoms with E-state index in [0.29, 0.717) is 12.6 Å². The standard InChI is InChI=1S/C15H21FN2OS/c16-14-10-12(6-7-13(14)15(17)20)18(8-9-19)11-4-2-1-3-5-11/h6-7,10-11,19H,1-5,8-9H2,(H2,17,20). The molecule has 1 aliphatic carbocycles. The van der Waals surface area contributed by atoms with Gasteiger partial charge in [-0.25, -0.2) is 4.39 Å². The number of nitrogens with two attached hydrogens (primary N) is 1. The molecule has 1 aromatic carbocycles. The molecule has 0 unspecified atom stereocenters. The fraction of sp³-hybridized carbons (Fsp3) is 0.533. The summed E-state index contributed by atoms with van der Waals surface area (Å²) < 4.78 is 14.0. The highest BCUT2D eigenvalue weighted by Gasteiger charge is 2.22. The second-order valence-electron chi connectivity index (χ2n) is 5.24. The first-order valence-corrected chi connectivity index (χ1v) is 7.51. The molecule has 5 heteroatoms. The molecule has 0 bridgehead atoms. The Morgan fingerprint density at radius 1 is 1.35 bits per heavy atom. The maximum Gasteiger partial charge on any atom is 0.135 e. The maximum atomic E-state index is 14.0. The molecule has 0 aromatic heterocycles. The van der Waals surface area contributed by atoms with Crippen molar-refractivity contribution in [1.82, 2.24) is 0 Å². The van der Waals surface area contributed by atoms with Crippen LogP contribution >= 0.6 is 12.2 Å². The third kappa shape index (κ3) is 3.46. The molecule has 0 heterocycles. The van der Waals surface area contributed by atoms with Crippen LogP contribution in [-0.2, 0) is 0 Å². The number of aliphatic hydroxyl groups is 1. The van der Waals surface area contributed by atoms with Crippen LogP contribution < -0.4 is 10.6 Å². The van der Waals surface area contributed by atoms with Crippen molar-refractivity contribution in [2.45, 2.75) is 38.1 Å². The molecule has 1 fully saturated rings. The maximum absolute atomic E-state index is 14.0. The molecule has 1 saturated carbocycles. The highest BCUT2D eigenvalue weighted by Crippen LogP contribution is 2.28. The fourth-order valence-electron chi connectivity index (χ4n) is 2.91. The Kier molecular flexibility index (Phi) is 5.31. The van der Waals surface area contributed by atoms with Crippen molar-refractivity contribution in [1.29, 1.82) is 0 Å². The normalized spacial score (nSPS) is 16.1. The Hall–Kier alpha value is -1.20. The van der Waals surface area contributed by atoms with Crippen LogP contribution in [0.4, 0.5) is 10.1 Å². The zero-order valence-corrected chi connectivity index (χ0v) is 12.3. The third-order valence-electron chi connectivity index (χ3n) is 3.91. The number of hydrogen-bond donors (Lipinski definition) is 2. The van der Waals surface area contributed by atoms with Crippen molar-refractivity contribution in [2.75, 3.05) is 18.1 Å². The zero-order valence-electron chi connectivity index (χ0n) is 11.5. The number of halogens is 1. The van der Waals surface area contributed by atoms with Gasteiger partial charge in [-0.05, 0) is 31.0 Å². The molecule has 0 amide bonds. The average molecular weight is 296 g/mol. The molecule has 0 spiro atoms. The van der Waals surface area contributed by atoms with Crippen LogP contribution in [0.15, 0.2) is 18.2 Å². The number of aliphatic hydroxyl groups excluding tert-OH is 1. The van der Waals surface area contributed by atoms with Crippen molar-refractivity contribution >= 4 is 22.9 Å². The van der Waals surface area contributed by atoms with Crippen molar-refractivity contribution in [2.24, 2.45) is 5.73 Å². The van der Waals surface area contributed by atoms with E-state index in [9.17, 15) is 9.50 Å². The molecular formula is C15H21FN2OS. The molecule has 20 heavy (non-hydrogen) atoms.